The van der Waals surface area contributed by atoms with Gasteiger partial charge in [-0.15, -0.1) is 0 Å². The molecule has 0 radical (unpaired) electrons. The van der Waals surface area contributed by atoms with Crippen LogP contribution in [0, 0.1) is 5.92 Å². The highest BCUT2D eigenvalue weighted by Crippen LogP contribution is 2.15. The van der Waals surface area contributed by atoms with E-state index in [0.717, 1.165) is 25.7 Å². The summed E-state index contributed by atoms with van der Waals surface area (Å²) >= 11 is 0. The Hall–Kier alpha value is -0.300. The average Bonchev–Trinajstić information content (AvgIpc) is 2.04. The molecule has 0 aliphatic rings. The fourth-order valence-corrected chi connectivity index (χ4v) is 1.41. The zero-order valence-electron chi connectivity index (χ0n) is 9.51. The minimum absolute atomic E-state index is 0.101. The van der Waals surface area contributed by atoms with Crippen LogP contribution in [-0.2, 0) is 0 Å². The predicted molar refractivity (Wildman–Crippen MR) is 58.7 cm³/mol. The van der Waals surface area contributed by atoms with Gasteiger partial charge in [-0.2, -0.15) is 0 Å². The van der Waals surface area contributed by atoms with Gasteiger partial charge in [0.1, 0.15) is 0 Å². The fraction of sp³-hybridized carbons (Fsp3) is 0.833. The molecule has 0 aromatic carbocycles. The third-order valence-corrected chi connectivity index (χ3v) is 2.42. The summed E-state index contributed by atoms with van der Waals surface area (Å²) in [6.45, 7) is 8.49. The number of aliphatic hydroxyl groups is 1. The van der Waals surface area contributed by atoms with Crippen LogP contribution >= 0.6 is 0 Å². The molecule has 0 saturated heterocycles. The molecule has 0 unspecified atom stereocenters. The van der Waals surface area contributed by atoms with Crippen LogP contribution in [0.1, 0.15) is 53.4 Å². The molecule has 13 heavy (non-hydrogen) atoms. The van der Waals surface area contributed by atoms with Crippen molar-refractivity contribution < 1.29 is 5.11 Å². The van der Waals surface area contributed by atoms with E-state index < -0.39 is 0 Å². The Labute approximate surface area is 82.9 Å². The van der Waals surface area contributed by atoms with E-state index in [1.54, 1.807) is 0 Å². The minimum atomic E-state index is -0.101. The molecule has 0 heterocycles. The lowest BCUT2D eigenvalue weighted by atomic mass is 9.95. The minimum Gasteiger partial charge on any atom is -0.393 e. The van der Waals surface area contributed by atoms with Crippen LogP contribution < -0.4 is 0 Å². The smallest absolute Gasteiger partial charge is 0.0565 e. The van der Waals surface area contributed by atoms with Crippen LogP contribution in [0.4, 0.5) is 0 Å². The first-order valence-electron chi connectivity index (χ1n) is 5.39. The van der Waals surface area contributed by atoms with Gasteiger partial charge in [0.2, 0.25) is 0 Å². The summed E-state index contributed by atoms with van der Waals surface area (Å²) < 4.78 is 0. The average molecular weight is 184 g/mol. The largest absolute Gasteiger partial charge is 0.393 e. The van der Waals surface area contributed by atoms with Crippen LogP contribution in [-0.4, -0.2) is 11.2 Å². The van der Waals surface area contributed by atoms with E-state index in [1.807, 2.05) is 0 Å². The van der Waals surface area contributed by atoms with Crippen LogP contribution in [0.15, 0.2) is 11.6 Å². The standard InChI is InChI=1S/C12H24O/c1-5-7-12(13)11(4)9-6-8-10(2)3/h8,11-13H,5-7,9H2,1-4H3/t11-,12-/m0/s1. The molecule has 1 nitrogen and oxygen atoms in total. The molecular weight excluding hydrogens is 160 g/mol. The highest BCUT2D eigenvalue weighted by Gasteiger charge is 2.11. The van der Waals surface area contributed by atoms with Gasteiger partial charge in [-0.05, 0) is 39.0 Å². The Balaban J connectivity index is 3.61. The van der Waals surface area contributed by atoms with Crippen molar-refractivity contribution >= 4 is 0 Å². The number of hydrogen-bond acceptors (Lipinski definition) is 1. The number of allylic oxidation sites excluding steroid dienone is 2. The van der Waals surface area contributed by atoms with E-state index in [9.17, 15) is 5.11 Å². The summed E-state index contributed by atoms with van der Waals surface area (Å²) in [7, 11) is 0. The van der Waals surface area contributed by atoms with Gasteiger partial charge in [0, 0.05) is 0 Å². The maximum atomic E-state index is 9.66. The van der Waals surface area contributed by atoms with E-state index in [-0.39, 0.29) is 6.10 Å². The summed E-state index contributed by atoms with van der Waals surface area (Å²) in [6.07, 6.45) is 6.37. The Morgan fingerprint density at radius 2 is 1.92 bits per heavy atom. The van der Waals surface area contributed by atoms with E-state index >= 15 is 0 Å². The van der Waals surface area contributed by atoms with Gasteiger partial charge in [0.05, 0.1) is 6.10 Å². The van der Waals surface area contributed by atoms with Gasteiger partial charge in [0.15, 0.2) is 0 Å². The molecule has 0 amide bonds. The van der Waals surface area contributed by atoms with Gasteiger partial charge < -0.3 is 5.11 Å². The molecule has 1 heteroatoms. The van der Waals surface area contributed by atoms with Crippen molar-refractivity contribution in [3.05, 3.63) is 11.6 Å². The number of hydrogen-bond donors (Lipinski definition) is 1. The predicted octanol–water partition coefficient (Wildman–Crippen LogP) is 3.53. The molecule has 0 spiro atoms. The van der Waals surface area contributed by atoms with Crippen LogP contribution in [0.3, 0.4) is 0 Å². The first kappa shape index (κ1) is 12.7. The van der Waals surface area contributed by atoms with Crippen molar-refractivity contribution in [3.63, 3.8) is 0 Å². The highest BCUT2D eigenvalue weighted by atomic mass is 16.3. The van der Waals surface area contributed by atoms with E-state index in [0.29, 0.717) is 5.92 Å². The Morgan fingerprint density at radius 3 is 2.38 bits per heavy atom. The summed E-state index contributed by atoms with van der Waals surface area (Å²) in [5.74, 6) is 0.440. The monoisotopic (exact) mass is 184 g/mol. The van der Waals surface area contributed by atoms with Crippen molar-refractivity contribution in [3.8, 4) is 0 Å². The Bertz CT molecular complexity index is 145. The van der Waals surface area contributed by atoms with Crippen molar-refractivity contribution in [2.75, 3.05) is 0 Å². The van der Waals surface area contributed by atoms with E-state index in [1.165, 1.54) is 5.57 Å². The zero-order valence-corrected chi connectivity index (χ0v) is 9.51. The Morgan fingerprint density at radius 1 is 1.31 bits per heavy atom. The summed E-state index contributed by atoms with van der Waals surface area (Å²) in [5.41, 5.74) is 1.37. The zero-order chi connectivity index (χ0) is 10.3. The lowest BCUT2D eigenvalue weighted by Crippen LogP contribution is -2.16. The Kier molecular flexibility index (Phi) is 6.97. The molecule has 0 aliphatic carbocycles. The van der Waals surface area contributed by atoms with Gasteiger partial charge in [-0.25, -0.2) is 0 Å². The van der Waals surface area contributed by atoms with Crippen LogP contribution in [0.25, 0.3) is 0 Å². The van der Waals surface area contributed by atoms with Crippen LogP contribution in [0.2, 0.25) is 0 Å². The molecule has 0 saturated carbocycles. The third-order valence-electron chi connectivity index (χ3n) is 2.42. The fourth-order valence-electron chi connectivity index (χ4n) is 1.41. The van der Waals surface area contributed by atoms with Gasteiger partial charge in [-0.1, -0.05) is 31.9 Å². The number of aliphatic hydroxyl groups excluding tert-OH is 1. The molecule has 0 rings (SSSR count). The molecule has 1 N–H and O–H groups in total. The second-order valence-electron chi connectivity index (χ2n) is 4.19. The number of rotatable bonds is 6. The summed E-state index contributed by atoms with van der Waals surface area (Å²) in [6, 6.07) is 0. The van der Waals surface area contributed by atoms with Gasteiger partial charge in [-0.3, -0.25) is 0 Å². The second kappa shape index (κ2) is 7.14. The summed E-state index contributed by atoms with van der Waals surface area (Å²) in [5, 5.41) is 9.66. The molecule has 0 aromatic heterocycles. The van der Waals surface area contributed by atoms with E-state index in [2.05, 4.69) is 33.8 Å². The second-order valence-corrected chi connectivity index (χ2v) is 4.19. The molecular formula is C12H24O. The van der Waals surface area contributed by atoms with Gasteiger partial charge >= 0.3 is 0 Å². The van der Waals surface area contributed by atoms with Crippen molar-refractivity contribution in [1.82, 2.24) is 0 Å². The first-order valence-corrected chi connectivity index (χ1v) is 5.39. The quantitative estimate of drug-likeness (QED) is 0.626. The topological polar surface area (TPSA) is 20.2 Å². The first-order chi connectivity index (χ1) is 6.07. The lowest BCUT2D eigenvalue weighted by Gasteiger charge is -2.17. The van der Waals surface area contributed by atoms with Crippen molar-refractivity contribution in [1.29, 1.82) is 0 Å². The maximum absolute atomic E-state index is 9.66. The van der Waals surface area contributed by atoms with Crippen LogP contribution in [0.5, 0.6) is 0 Å². The normalized spacial score (nSPS) is 15.2. The molecule has 78 valence electrons. The van der Waals surface area contributed by atoms with E-state index in [4.69, 9.17) is 0 Å². The lowest BCUT2D eigenvalue weighted by molar-refractivity contribution is 0.103. The van der Waals surface area contributed by atoms with Gasteiger partial charge in [0.25, 0.3) is 0 Å². The highest BCUT2D eigenvalue weighted by molar-refractivity contribution is 4.92. The molecule has 0 bridgehead atoms. The van der Waals surface area contributed by atoms with Crippen molar-refractivity contribution in [2.24, 2.45) is 5.92 Å². The SMILES string of the molecule is CCC[C@H](O)[C@@H](C)CCC=C(C)C. The molecule has 0 fully saturated rings. The van der Waals surface area contributed by atoms with Crippen molar-refractivity contribution in [2.45, 2.75) is 59.5 Å². The maximum Gasteiger partial charge on any atom is 0.0565 e. The molecule has 0 aliphatic heterocycles. The molecule has 2 atom stereocenters. The summed E-state index contributed by atoms with van der Waals surface area (Å²) in [4.78, 5) is 0. The third kappa shape index (κ3) is 6.83. The molecule has 0 aromatic rings.